The zero-order chi connectivity index (χ0) is 13.9. The van der Waals surface area contributed by atoms with Crippen LogP contribution in [0.25, 0.3) is 0 Å². The van der Waals surface area contributed by atoms with Crippen LogP contribution >= 0.6 is 0 Å². The Kier molecular flexibility index (Phi) is 3.64. The van der Waals surface area contributed by atoms with Gasteiger partial charge >= 0.3 is 0 Å². The highest BCUT2D eigenvalue weighted by Crippen LogP contribution is 2.30. The first-order valence-electron chi connectivity index (χ1n) is 7.33. The van der Waals surface area contributed by atoms with Crippen LogP contribution in [-0.2, 0) is 13.0 Å². The van der Waals surface area contributed by atoms with E-state index in [9.17, 15) is 0 Å². The molecular formula is C18H22N2. The Labute approximate surface area is 121 Å². The molecule has 0 unspecified atom stereocenters. The van der Waals surface area contributed by atoms with E-state index in [-0.39, 0.29) is 0 Å². The van der Waals surface area contributed by atoms with Gasteiger partial charge in [0.15, 0.2) is 0 Å². The molecule has 1 aliphatic heterocycles. The molecule has 2 aromatic carbocycles. The van der Waals surface area contributed by atoms with Gasteiger partial charge in [-0.25, -0.2) is 0 Å². The van der Waals surface area contributed by atoms with Gasteiger partial charge in [0.2, 0.25) is 0 Å². The Balaban J connectivity index is 1.80. The summed E-state index contributed by atoms with van der Waals surface area (Å²) in [6.45, 7) is 2.13. The van der Waals surface area contributed by atoms with Crippen LogP contribution in [0.1, 0.15) is 17.5 Å². The van der Waals surface area contributed by atoms with Crippen molar-refractivity contribution in [3.8, 4) is 0 Å². The number of nitrogens with zero attached hydrogens (tertiary/aromatic N) is 2. The van der Waals surface area contributed by atoms with E-state index >= 15 is 0 Å². The number of fused-ring (bicyclic) bond motifs is 1. The van der Waals surface area contributed by atoms with Crippen molar-refractivity contribution in [3.63, 3.8) is 0 Å². The molecule has 0 amide bonds. The predicted octanol–water partition coefficient (Wildman–Crippen LogP) is 3.71. The molecule has 20 heavy (non-hydrogen) atoms. The molecule has 0 saturated heterocycles. The van der Waals surface area contributed by atoms with Crippen LogP contribution in [0.4, 0.5) is 11.4 Å². The standard InChI is InChI=1S/C18H22N2/c1-19-12-6-9-16-13-17(10-11-18(16)19)20(2)14-15-7-4-3-5-8-15/h3-5,7-8,10-11,13H,6,9,12,14H2,1-2H3. The molecule has 0 radical (unpaired) electrons. The van der Waals surface area contributed by atoms with Crippen molar-refractivity contribution >= 4 is 11.4 Å². The summed E-state index contributed by atoms with van der Waals surface area (Å²) in [7, 11) is 4.35. The SMILES string of the molecule is CN(Cc1ccccc1)c1ccc2c(c1)CCCN2C. The van der Waals surface area contributed by atoms with Crippen molar-refractivity contribution in [2.45, 2.75) is 19.4 Å². The summed E-state index contributed by atoms with van der Waals surface area (Å²) < 4.78 is 0. The topological polar surface area (TPSA) is 6.48 Å². The second-order valence-electron chi connectivity index (χ2n) is 5.68. The van der Waals surface area contributed by atoms with E-state index in [2.05, 4.69) is 72.4 Å². The van der Waals surface area contributed by atoms with Crippen LogP contribution in [-0.4, -0.2) is 20.6 Å². The predicted molar refractivity (Wildman–Crippen MR) is 86.6 cm³/mol. The smallest absolute Gasteiger partial charge is 0.0426 e. The molecule has 0 aromatic heterocycles. The summed E-state index contributed by atoms with van der Waals surface area (Å²) in [5.41, 5.74) is 5.54. The first-order chi connectivity index (χ1) is 9.74. The lowest BCUT2D eigenvalue weighted by molar-refractivity contribution is 0.743. The Morgan fingerprint density at radius 3 is 2.70 bits per heavy atom. The lowest BCUT2D eigenvalue weighted by atomic mass is 10.0. The zero-order valence-corrected chi connectivity index (χ0v) is 12.3. The van der Waals surface area contributed by atoms with Gasteiger partial charge in [-0.15, -0.1) is 0 Å². The van der Waals surface area contributed by atoms with Crippen LogP contribution in [0.2, 0.25) is 0 Å². The second-order valence-corrected chi connectivity index (χ2v) is 5.68. The van der Waals surface area contributed by atoms with Crippen LogP contribution in [0.15, 0.2) is 48.5 Å². The van der Waals surface area contributed by atoms with E-state index in [0.717, 1.165) is 6.54 Å². The number of rotatable bonds is 3. The van der Waals surface area contributed by atoms with Crippen LogP contribution in [0, 0.1) is 0 Å². The molecule has 0 aliphatic carbocycles. The van der Waals surface area contributed by atoms with E-state index in [1.54, 1.807) is 0 Å². The summed E-state index contributed by atoms with van der Waals surface area (Å²) in [5, 5.41) is 0. The molecule has 0 bridgehead atoms. The lowest BCUT2D eigenvalue weighted by Gasteiger charge is -2.29. The number of anilines is 2. The highest BCUT2D eigenvalue weighted by atomic mass is 15.1. The molecule has 104 valence electrons. The minimum absolute atomic E-state index is 0.954. The molecule has 2 nitrogen and oxygen atoms in total. The van der Waals surface area contributed by atoms with E-state index < -0.39 is 0 Å². The normalized spacial score (nSPS) is 14.0. The average molecular weight is 266 g/mol. The van der Waals surface area contributed by atoms with Gasteiger partial charge in [-0.3, -0.25) is 0 Å². The van der Waals surface area contributed by atoms with Crippen molar-refractivity contribution in [3.05, 3.63) is 59.7 Å². The fraction of sp³-hybridized carbons (Fsp3) is 0.333. The Hall–Kier alpha value is -1.96. The van der Waals surface area contributed by atoms with E-state index in [1.165, 1.54) is 41.9 Å². The number of hydrogen-bond donors (Lipinski definition) is 0. The minimum atomic E-state index is 0.954. The maximum Gasteiger partial charge on any atom is 0.0426 e. The van der Waals surface area contributed by atoms with Crippen molar-refractivity contribution in [1.29, 1.82) is 0 Å². The molecular weight excluding hydrogens is 244 g/mol. The summed E-state index contributed by atoms with van der Waals surface area (Å²) >= 11 is 0. The molecule has 1 heterocycles. The molecule has 0 N–H and O–H groups in total. The fourth-order valence-electron chi connectivity index (χ4n) is 2.96. The second kappa shape index (κ2) is 5.58. The number of hydrogen-bond acceptors (Lipinski definition) is 2. The molecule has 0 atom stereocenters. The number of benzene rings is 2. The summed E-state index contributed by atoms with van der Waals surface area (Å²) in [6, 6.07) is 17.5. The maximum absolute atomic E-state index is 2.36. The lowest BCUT2D eigenvalue weighted by Crippen LogP contribution is -2.25. The van der Waals surface area contributed by atoms with Gasteiger partial charge in [0, 0.05) is 38.6 Å². The molecule has 2 aromatic rings. The third kappa shape index (κ3) is 2.64. The van der Waals surface area contributed by atoms with Gasteiger partial charge < -0.3 is 9.80 Å². The van der Waals surface area contributed by atoms with Crippen molar-refractivity contribution in [2.24, 2.45) is 0 Å². The van der Waals surface area contributed by atoms with Gasteiger partial charge in [0.05, 0.1) is 0 Å². The monoisotopic (exact) mass is 266 g/mol. The molecule has 1 aliphatic rings. The maximum atomic E-state index is 2.36. The van der Waals surface area contributed by atoms with Crippen molar-refractivity contribution in [1.82, 2.24) is 0 Å². The largest absolute Gasteiger partial charge is 0.374 e. The highest BCUT2D eigenvalue weighted by Gasteiger charge is 2.14. The molecule has 3 rings (SSSR count). The quantitative estimate of drug-likeness (QED) is 0.835. The van der Waals surface area contributed by atoms with Gasteiger partial charge in [-0.2, -0.15) is 0 Å². The Morgan fingerprint density at radius 1 is 1.10 bits per heavy atom. The highest BCUT2D eigenvalue weighted by molar-refractivity contribution is 5.62. The van der Waals surface area contributed by atoms with Gasteiger partial charge in [-0.1, -0.05) is 30.3 Å². The van der Waals surface area contributed by atoms with Gasteiger partial charge in [0.1, 0.15) is 0 Å². The Bertz CT molecular complexity index is 577. The van der Waals surface area contributed by atoms with Crippen LogP contribution in [0.5, 0.6) is 0 Å². The number of aryl methyl sites for hydroxylation is 1. The Morgan fingerprint density at radius 2 is 1.90 bits per heavy atom. The fourth-order valence-corrected chi connectivity index (χ4v) is 2.96. The molecule has 0 fully saturated rings. The van der Waals surface area contributed by atoms with E-state index in [4.69, 9.17) is 0 Å². The first-order valence-corrected chi connectivity index (χ1v) is 7.33. The summed E-state index contributed by atoms with van der Waals surface area (Å²) in [6.07, 6.45) is 2.46. The van der Waals surface area contributed by atoms with Crippen LogP contribution < -0.4 is 9.80 Å². The summed E-state index contributed by atoms with van der Waals surface area (Å²) in [4.78, 5) is 4.68. The van der Waals surface area contributed by atoms with E-state index in [0.29, 0.717) is 0 Å². The molecule has 0 saturated carbocycles. The average Bonchev–Trinajstić information content (AvgIpc) is 2.48. The zero-order valence-electron chi connectivity index (χ0n) is 12.3. The van der Waals surface area contributed by atoms with Crippen molar-refractivity contribution in [2.75, 3.05) is 30.4 Å². The minimum Gasteiger partial charge on any atom is -0.374 e. The van der Waals surface area contributed by atoms with Gasteiger partial charge in [0.25, 0.3) is 0 Å². The van der Waals surface area contributed by atoms with Crippen molar-refractivity contribution < 1.29 is 0 Å². The summed E-state index contributed by atoms with van der Waals surface area (Å²) in [5.74, 6) is 0. The molecule has 2 heteroatoms. The third-order valence-electron chi connectivity index (χ3n) is 4.12. The van der Waals surface area contributed by atoms with E-state index in [1.807, 2.05) is 0 Å². The third-order valence-corrected chi connectivity index (χ3v) is 4.12. The first kappa shape index (κ1) is 13.0. The molecule has 0 spiro atoms. The van der Waals surface area contributed by atoms with Gasteiger partial charge in [-0.05, 0) is 42.2 Å². The van der Waals surface area contributed by atoms with Crippen LogP contribution in [0.3, 0.4) is 0 Å².